The Labute approximate surface area is 96.9 Å². The van der Waals surface area contributed by atoms with Gasteiger partial charge in [0.1, 0.15) is 0 Å². The molecule has 16 heavy (non-hydrogen) atoms. The summed E-state index contributed by atoms with van der Waals surface area (Å²) in [7, 11) is 0. The van der Waals surface area contributed by atoms with Gasteiger partial charge >= 0.3 is 0 Å². The highest BCUT2D eigenvalue weighted by Gasteiger charge is 2.19. The van der Waals surface area contributed by atoms with Crippen LogP contribution in [0.2, 0.25) is 0 Å². The van der Waals surface area contributed by atoms with Crippen molar-refractivity contribution in [1.29, 1.82) is 0 Å². The van der Waals surface area contributed by atoms with Crippen LogP contribution in [0.5, 0.6) is 0 Å². The molecule has 0 bridgehead atoms. The number of aliphatic hydroxyl groups is 1. The van der Waals surface area contributed by atoms with Crippen LogP contribution in [0.25, 0.3) is 0 Å². The first kappa shape index (κ1) is 11.4. The number of hydrogen-bond donors (Lipinski definition) is 2. The predicted octanol–water partition coefficient (Wildman–Crippen LogP) is 1.10. The second-order valence-corrected chi connectivity index (χ2v) is 4.33. The van der Waals surface area contributed by atoms with E-state index in [9.17, 15) is 5.11 Å². The normalized spacial score (nSPS) is 16.3. The topological polar surface area (TPSA) is 49.5 Å². The Morgan fingerprint density at radius 2 is 2.31 bits per heavy atom. The summed E-state index contributed by atoms with van der Waals surface area (Å²) in [6.45, 7) is 4.99. The van der Waals surface area contributed by atoms with Gasteiger partial charge in [0.05, 0.1) is 6.61 Å². The molecule has 1 unspecified atom stereocenters. The first-order chi connectivity index (χ1) is 7.80. The molecule has 0 fully saturated rings. The van der Waals surface area contributed by atoms with Crippen LogP contribution in [-0.2, 0) is 6.42 Å². The molecule has 2 rings (SSSR count). The zero-order chi connectivity index (χ0) is 11.5. The van der Waals surface area contributed by atoms with Gasteiger partial charge in [0.15, 0.2) is 0 Å². The second-order valence-electron chi connectivity index (χ2n) is 4.33. The Morgan fingerprint density at radius 3 is 2.94 bits per heavy atom. The minimum atomic E-state index is 0.0842. The van der Waals surface area contributed by atoms with Crippen LogP contribution in [0.4, 0.5) is 5.69 Å². The quantitative estimate of drug-likeness (QED) is 0.799. The van der Waals surface area contributed by atoms with Crippen molar-refractivity contribution in [2.45, 2.75) is 19.3 Å². The van der Waals surface area contributed by atoms with Crippen molar-refractivity contribution in [2.75, 3.05) is 31.1 Å². The van der Waals surface area contributed by atoms with E-state index in [0.29, 0.717) is 6.54 Å². The van der Waals surface area contributed by atoms with E-state index in [-0.39, 0.29) is 12.5 Å². The number of aliphatic hydroxyl groups excluding tert-OH is 1. The van der Waals surface area contributed by atoms with E-state index in [4.69, 9.17) is 5.73 Å². The summed E-state index contributed by atoms with van der Waals surface area (Å²) >= 11 is 0. The maximum absolute atomic E-state index is 9.24. The fourth-order valence-electron chi connectivity index (χ4n) is 2.39. The first-order valence-corrected chi connectivity index (χ1v) is 5.98. The van der Waals surface area contributed by atoms with E-state index >= 15 is 0 Å². The highest BCUT2D eigenvalue weighted by Crippen LogP contribution is 2.30. The maximum Gasteiger partial charge on any atom is 0.0511 e. The van der Waals surface area contributed by atoms with E-state index in [1.165, 1.54) is 16.8 Å². The summed E-state index contributed by atoms with van der Waals surface area (Å²) < 4.78 is 0. The monoisotopic (exact) mass is 220 g/mol. The number of rotatable bonds is 4. The summed E-state index contributed by atoms with van der Waals surface area (Å²) in [5.41, 5.74) is 9.55. The van der Waals surface area contributed by atoms with Gasteiger partial charge in [-0.15, -0.1) is 0 Å². The van der Waals surface area contributed by atoms with Crippen molar-refractivity contribution in [1.82, 2.24) is 0 Å². The maximum atomic E-state index is 9.24. The molecule has 0 aliphatic carbocycles. The zero-order valence-corrected chi connectivity index (χ0v) is 9.82. The Kier molecular flexibility index (Phi) is 3.46. The molecular weight excluding hydrogens is 200 g/mol. The van der Waals surface area contributed by atoms with Gasteiger partial charge in [0, 0.05) is 31.2 Å². The van der Waals surface area contributed by atoms with Crippen molar-refractivity contribution in [3.63, 3.8) is 0 Å². The van der Waals surface area contributed by atoms with Crippen LogP contribution in [0.1, 0.15) is 24.0 Å². The Bertz CT molecular complexity index is 361. The van der Waals surface area contributed by atoms with Crippen LogP contribution >= 0.6 is 0 Å². The van der Waals surface area contributed by atoms with Gasteiger partial charge in [-0.1, -0.05) is 12.1 Å². The fraction of sp³-hybridized carbons (Fsp3) is 0.538. The Hall–Kier alpha value is -1.06. The number of anilines is 1. The summed E-state index contributed by atoms with van der Waals surface area (Å²) in [5.74, 6) is 0.0842. The molecule has 3 N–H and O–H groups in total. The molecule has 0 spiro atoms. The lowest BCUT2D eigenvalue weighted by atomic mass is 9.97. The molecule has 3 heteroatoms. The molecule has 88 valence electrons. The highest BCUT2D eigenvalue weighted by atomic mass is 16.3. The van der Waals surface area contributed by atoms with E-state index in [1.807, 2.05) is 0 Å². The summed E-state index contributed by atoms with van der Waals surface area (Å²) in [6, 6.07) is 6.47. The first-order valence-electron chi connectivity index (χ1n) is 5.98. The molecule has 0 radical (unpaired) electrons. The average molecular weight is 220 g/mol. The van der Waals surface area contributed by atoms with Crippen LogP contribution in [0, 0.1) is 0 Å². The van der Waals surface area contributed by atoms with Crippen molar-refractivity contribution < 1.29 is 5.11 Å². The molecule has 1 heterocycles. The number of nitrogens with two attached hydrogens (primary N) is 1. The van der Waals surface area contributed by atoms with Crippen molar-refractivity contribution >= 4 is 5.69 Å². The molecule has 1 aliphatic heterocycles. The minimum absolute atomic E-state index is 0.0842. The molecule has 0 saturated heterocycles. The average Bonchev–Trinajstić information content (AvgIpc) is 2.73. The van der Waals surface area contributed by atoms with Crippen LogP contribution in [0.15, 0.2) is 18.2 Å². The van der Waals surface area contributed by atoms with Gasteiger partial charge < -0.3 is 15.7 Å². The minimum Gasteiger partial charge on any atom is -0.396 e. The number of hydrogen-bond acceptors (Lipinski definition) is 3. The van der Waals surface area contributed by atoms with Crippen molar-refractivity contribution in [3.05, 3.63) is 29.3 Å². The smallest absolute Gasteiger partial charge is 0.0511 e. The summed E-state index contributed by atoms with van der Waals surface area (Å²) in [6.07, 6.45) is 1.11. The van der Waals surface area contributed by atoms with E-state index in [0.717, 1.165) is 19.5 Å². The fourth-order valence-corrected chi connectivity index (χ4v) is 2.39. The predicted molar refractivity (Wildman–Crippen MR) is 66.9 cm³/mol. The lowest BCUT2D eigenvalue weighted by molar-refractivity contribution is 0.268. The van der Waals surface area contributed by atoms with Crippen molar-refractivity contribution in [2.24, 2.45) is 5.73 Å². The third kappa shape index (κ3) is 1.93. The second kappa shape index (κ2) is 4.85. The Morgan fingerprint density at radius 1 is 1.50 bits per heavy atom. The van der Waals surface area contributed by atoms with Crippen LogP contribution < -0.4 is 10.6 Å². The number of benzene rings is 1. The van der Waals surface area contributed by atoms with Gasteiger partial charge in [-0.05, 0) is 30.5 Å². The van der Waals surface area contributed by atoms with Gasteiger partial charge in [0.25, 0.3) is 0 Å². The van der Waals surface area contributed by atoms with Crippen LogP contribution in [-0.4, -0.2) is 31.3 Å². The van der Waals surface area contributed by atoms with Gasteiger partial charge in [-0.3, -0.25) is 0 Å². The molecule has 3 nitrogen and oxygen atoms in total. The lowest BCUT2D eigenvalue weighted by Gasteiger charge is -2.18. The third-order valence-corrected chi connectivity index (χ3v) is 3.45. The van der Waals surface area contributed by atoms with Crippen molar-refractivity contribution in [3.8, 4) is 0 Å². The summed E-state index contributed by atoms with van der Waals surface area (Å²) in [4.78, 5) is 2.38. The van der Waals surface area contributed by atoms with E-state index in [1.54, 1.807) is 0 Å². The van der Waals surface area contributed by atoms with Gasteiger partial charge in [-0.2, -0.15) is 0 Å². The largest absolute Gasteiger partial charge is 0.396 e. The molecule has 1 atom stereocenters. The van der Waals surface area contributed by atoms with Crippen LogP contribution in [0.3, 0.4) is 0 Å². The standard InChI is InChI=1S/C13H20N2O/c1-2-15-6-5-11-7-10(3-4-13(11)15)12(8-14)9-16/h3-4,7,12,16H,2,5-6,8-9,14H2,1H3. The van der Waals surface area contributed by atoms with E-state index < -0.39 is 0 Å². The summed E-state index contributed by atoms with van der Waals surface area (Å²) in [5, 5.41) is 9.24. The third-order valence-electron chi connectivity index (χ3n) is 3.45. The Balaban J connectivity index is 2.27. The molecule has 1 aromatic rings. The molecule has 1 aromatic carbocycles. The number of fused-ring (bicyclic) bond motifs is 1. The van der Waals surface area contributed by atoms with Gasteiger partial charge in [-0.25, -0.2) is 0 Å². The van der Waals surface area contributed by atoms with E-state index in [2.05, 4.69) is 30.0 Å². The SMILES string of the molecule is CCN1CCc2cc(C(CN)CO)ccc21. The molecular formula is C13H20N2O. The van der Waals surface area contributed by atoms with Gasteiger partial charge in [0.2, 0.25) is 0 Å². The molecule has 0 saturated carbocycles. The zero-order valence-electron chi connectivity index (χ0n) is 9.82. The molecule has 0 amide bonds. The lowest BCUT2D eigenvalue weighted by Crippen LogP contribution is -2.19. The highest BCUT2D eigenvalue weighted by molar-refractivity contribution is 5.59. The molecule has 1 aliphatic rings. The molecule has 0 aromatic heterocycles. The number of likely N-dealkylation sites (N-methyl/N-ethyl adjacent to an activating group) is 1. The number of nitrogens with zero attached hydrogens (tertiary/aromatic N) is 1.